The Balaban J connectivity index is 1.74. The Morgan fingerprint density at radius 3 is 2.86 bits per heavy atom. The largest absolute Gasteiger partial charge is 0.492 e. The van der Waals surface area contributed by atoms with E-state index < -0.39 is 0 Å². The number of para-hydroxylation sites is 2. The SMILES string of the molecule is CCOc1ccccc1N1CCN(C(C)=O)CC1C1OCCc2cc(Br)ccc21. The molecule has 0 radical (unpaired) electrons. The van der Waals surface area contributed by atoms with E-state index in [-0.39, 0.29) is 18.1 Å². The highest BCUT2D eigenvalue weighted by molar-refractivity contribution is 9.10. The molecule has 29 heavy (non-hydrogen) atoms. The lowest BCUT2D eigenvalue weighted by atomic mass is 9.91. The second-order valence-corrected chi connectivity index (χ2v) is 8.43. The molecule has 2 aliphatic heterocycles. The fourth-order valence-electron chi connectivity index (χ4n) is 4.40. The van der Waals surface area contributed by atoms with Gasteiger partial charge in [0.25, 0.3) is 0 Å². The summed E-state index contributed by atoms with van der Waals surface area (Å²) in [6.07, 6.45) is 0.813. The molecule has 6 heteroatoms. The molecule has 0 saturated carbocycles. The zero-order valence-electron chi connectivity index (χ0n) is 16.9. The summed E-state index contributed by atoms with van der Waals surface area (Å²) < 4.78 is 13.3. The first-order valence-electron chi connectivity index (χ1n) is 10.2. The van der Waals surface area contributed by atoms with E-state index in [2.05, 4.69) is 45.1 Å². The maximum absolute atomic E-state index is 12.2. The van der Waals surface area contributed by atoms with Crippen LogP contribution < -0.4 is 9.64 Å². The van der Waals surface area contributed by atoms with Crippen molar-refractivity contribution < 1.29 is 14.3 Å². The van der Waals surface area contributed by atoms with E-state index in [1.165, 1.54) is 11.1 Å². The van der Waals surface area contributed by atoms with Gasteiger partial charge in [-0.1, -0.05) is 34.1 Å². The Hall–Kier alpha value is -2.05. The molecule has 1 amide bonds. The van der Waals surface area contributed by atoms with Gasteiger partial charge < -0.3 is 19.3 Å². The van der Waals surface area contributed by atoms with Gasteiger partial charge in [-0.15, -0.1) is 0 Å². The lowest BCUT2D eigenvalue weighted by Gasteiger charge is -2.47. The van der Waals surface area contributed by atoms with Crippen molar-refractivity contribution in [2.75, 3.05) is 37.7 Å². The number of fused-ring (bicyclic) bond motifs is 1. The molecule has 2 atom stereocenters. The third-order valence-corrected chi connectivity index (χ3v) is 6.26. The number of benzene rings is 2. The van der Waals surface area contributed by atoms with Crippen LogP contribution in [0.3, 0.4) is 0 Å². The molecular formula is C23H27BrN2O3. The zero-order valence-corrected chi connectivity index (χ0v) is 18.5. The summed E-state index contributed by atoms with van der Waals surface area (Å²) in [7, 11) is 0. The van der Waals surface area contributed by atoms with Gasteiger partial charge in [0, 0.05) is 31.0 Å². The van der Waals surface area contributed by atoms with Gasteiger partial charge >= 0.3 is 0 Å². The highest BCUT2D eigenvalue weighted by atomic mass is 79.9. The van der Waals surface area contributed by atoms with E-state index in [0.29, 0.717) is 26.3 Å². The van der Waals surface area contributed by atoms with Crippen LogP contribution in [0.4, 0.5) is 5.69 Å². The molecule has 1 fully saturated rings. The molecule has 2 aromatic carbocycles. The molecule has 0 bridgehead atoms. The number of rotatable bonds is 4. The van der Waals surface area contributed by atoms with Crippen molar-refractivity contribution in [3.05, 3.63) is 58.1 Å². The lowest BCUT2D eigenvalue weighted by Crippen LogP contribution is -2.57. The van der Waals surface area contributed by atoms with Crippen LogP contribution in [-0.4, -0.2) is 49.7 Å². The van der Waals surface area contributed by atoms with E-state index >= 15 is 0 Å². The smallest absolute Gasteiger partial charge is 0.219 e. The molecule has 0 aromatic heterocycles. The molecule has 2 aromatic rings. The predicted molar refractivity (Wildman–Crippen MR) is 118 cm³/mol. The van der Waals surface area contributed by atoms with Crippen LogP contribution >= 0.6 is 15.9 Å². The van der Waals surface area contributed by atoms with Crippen LogP contribution in [0.2, 0.25) is 0 Å². The van der Waals surface area contributed by atoms with E-state index in [9.17, 15) is 4.79 Å². The minimum Gasteiger partial charge on any atom is -0.492 e. The molecule has 5 nitrogen and oxygen atoms in total. The van der Waals surface area contributed by atoms with Crippen LogP contribution in [0, 0.1) is 0 Å². The Bertz CT molecular complexity index is 888. The summed E-state index contributed by atoms with van der Waals surface area (Å²) in [5.74, 6) is 0.989. The Morgan fingerprint density at radius 1 is 1.24 bits per heavy atom. The number of ether oxygens (including phenoxy) is 2. The van der Waals surface area contributed by atoms with Crippen molar-refractivity contribution in [3.8, 4) is 5.75 Å². The third kappa shape index (κ3) is 4.14. The standard InChI is InChI=1S/C23H27BrN2O3/c1-3-28-22-7-5-4-6-20(22)26-12-11-25(16(2)27)15-21(26)23-19-9-8-18(24)14-17(19)10-13-29-23/h4-9,14,21,23H,3,10-13,15H2,1-2H3. The van der Waals surface area contributed by atoms with Crippen LogP contribution in [0.25, 0.3) is 0 Å². The van der Waals surface area contributed by atoms with Crippen molar-refractivity contribution in [1.29, 1.82) is 0 Å². The number of nitrogens with zero attached hydrogens (tertiary/aromatic N) is 2. The van der Waals surface area contributed by atoms with Gasteiger partial charge in [0.15, 0.2) is 0 Å². The summed E-state index contributed by atoms with van der Waals surface area (Å²) in [5.41, 5.74) is 3.60. The Labute approximate surface area is 180 Å². The first-order chi connectivity index (χ1) is 14.1. The minimum atomic E-state index is -0.0938. The van der Waals surface area contributed by atoms with E-state index in [1.807, 2.05) is 30.0 Å². The molecule has 4 rings (SSSR count). The first kappa shape index (κ1) is 20.2. The molecule has 1 saturated heterocycles. The van der Waals surface area contributed by atoms with E-state index in [0.717, 1.165) is 28.9 Å². The molecule has 154 valence electrons. The van der Waals surface area contributed by atoms with Crippen molar-refractivity contribution in [3.63, 3.8) is 0 Å². The van der Waals surface area contributed by atoms with E-state index in [1.54, 1.807) is 6.92 Å². The maximum Gasteiger partial charge on any atom is 0.219 e. The van der Waals surface area contributed by atoms with Gasteiger partial charge in [-0.25, -0.2) is 0 Å². The van der Waals surface area contributed by atoms with Crippen molar-refractivity contribution >= 4 is 27.5 Å². The van der Waals surface area contributed by atoms with Gasteiger partial charge in [0.2, 0.25) is 5.91 Å². The van der Waals surface area contributed by atoms with Crippen LogP contribution in [0.15, 0.2) is 46.9 Å². The quantitative estimate of drug-likeness (QED) is 0.688. The van der Waals surface area contributed by atoms with Gasteiger partial charge in [-0.05, 0) is 48.7 Å². The van der Waals surface area contributed by atoms with E-state index in [4.69, 9.17) is 9.47 Å². The monoisotopic (exact) mass is 458 g/mol. The fraction of sp³-hybridized carbons (Fsp3) is 0.435. The number of carbonyl (C=O) groups is 1. The fourth-order valence-corrected chi connectivity index (χ4v) is 4.81. The van der Waals surface area contributed by atoms with Crippen molar-refractivity contribution in [2.45, 2.75) is 32.4 Å². The van der Waals surface area contributed by atoms with Crippen LogP contribution in [0.1, 0.15) is 31.1 Å². The van der Waals surface area contributed by atoms with Gasteiger partial charge in [0.1, 0.15) is 11.9 Å². The van der Waals surface area contributed by atoms with Gasteiger partial charge in [-0.3, -0.25) is 4.79 Å². The summed E-state index contributed by atoms with van der Waals surface area (Å²) in [6, 6.07) is 14.6. The molecule has 2 aliphatic rings. The first-order valence-corrected chi connectivity index (χ1v) is 11.0. The Morgan fingerprint density at radius 2 is 2.07 bits per heavy atom. The summed E-state index contributed by atoms with van der Waals surface area (Å²) >= 11 is 3.59. The molecule has 2 heterocycles. The predicted octanol–water partition coefficient (Wildman–Crippen LogP) is 4.20. The number of anilines is 1. The topological polar surface area (TPSA) is 42.0 Å². The van der Waals surface area contributed by atoms with Crippen molar-refractivity contribution in [2.24, 2.45) is 0 Å². The normalized spacial score (nSPS) is 21.6. The number of carbonyl (C=O) groups excluding carboxylic acids is 1. The number of hydrogen-bond donors (Lipinski definition) is 0. The molecule has 0 N–H and O–H groups in total. The molecule has 0 spiro atoms. The van der Waals surface area contributed by atoms with Crippen LogP contribution in [0.5, 0.6) is 5.75 Å². The second kappa shape index (κ2) is 8.76. The third-order valence-electron chi connectivity index (χ3n) is 5.77. The number of piperazine rings is 1. The summed E-state index contributed by atoms with van der Waals surface area (Å²) in [6.45, 7) is 7.04. The van der Waals surface area contributed by atoms with Crippen molar-refractivity contribution in [1.82, 2.24) is 4.90 Å². The highest BCUT2D eigenvalue weighted by Gasteiger charge is 2.38. The van der Waals surface area contributed by atoms with Gasteiger partial charge in [0.05, 0.1) is 24.9 Å². The lowest BCUT2D eigenvalue weighted by molar-refractivity contribution is -0.130. The number of hydrogen-bond acceptors (Lipinski definition) is 4. The minimum absolute atomic E-state index is 0.0227. The second-order valence-electron chi connectivity index (χ2n) is 7.51. The average molecular weight is 459 g/mol. The zero-order chi connectivity index (χ0) is 20.4. The van der Waals surface area contributed by atoms with Gasteiger partial charge in [-0.2, -0.15) is 0 Å². The molecule has 0 aliphatic carbocycles. The highest BCUT2D eigenvalue weighted by Crippen LogP contribution is 2.39. The summed E-state index contributed by atoms with van der Waals surface area (Å²) in [5, 5.41) is 0. The van der Waals surface area contributed by atoms with Crippen LogP contribution in [-0.2, 0) is 16.0 Å². The maximum atomic E-state index is 12.2. The average Bonchev–Trinajstić information content (AvgIpc) is 2.73. The Kier molecular flexibility index (Phi) is 6.11. The number of halogens is 1. The molecular weight excluding hydrogens is 432 g/mol. The number of amides is 1. The molecule has 2 unspecified atom stereocenters. The summed E-state index contributed by atoms with van der Waals surface area (Å²) in [4.78, 5) is 16.5.